The quantitative estimate of drug-likeness (QED) is 0.879. The highest BCUT2D eigenvalue weighted by Crippen LogP contribution is 2.47. The number of carboxylic acids is 1. The van der Waals surface area contributed by atoms with E-state index in [4.69, 9.17) is 16.7 Å². The Morgan fingerprint density at radius 3 is 2.95 bits per heavy atom. The number of rotatable bonds is 4. The highest BCUT2D eigenvalue weighted by atomic mass is 35.5. The molecule has 3 rings (SSSR count). The van der Waals surface area contributed by atoms with Crippen LogP contribution in [0.5, 0.6) is 0 Å². The van der Waals surface area contributed by atoms with Crippen LogP contribution < -0.4 is 0 Å². The van der Waals surface area contributed by atoms with Gasteiger partial charge < -0.3 is 9.67 Å². The van der Waals surface area contributed by atoms with Crippen LogP contribution in [-0.4, -0.2) is 26.4 Å². The fourth-order valence-electron chi connectivity index (χ4n) is 2.18. The molecule has 0 saturated heterocycles. The lowest BCUT2D eigenvalue weighted by Crippen LogP contribution is -2.14. The van der Waals surface area contributed by atoms with E-state index in [1.807, 2.05) is 18.2 Å². The molecule has 0 atom stereocenters. The van der Waals surface area contributed by atoms with Gasteiger partial charge in [-0.25, -0.2) is 4.98 Å². The summed E-state index contributed by atoms with van der Waals surface area (Å²) in [5.41, 5.74) is 1.91. The topological polar surface area (TPSA) is 55.1 Å². The van der Waals surface area contributed by atoms with E-state index >= 15 is 0 Å². The average molecular weight is 297 g/mol. The smallest absolute Gasteiger partial charge is 0.313 e. The number of aliphatic carboxylic acids is 1. The lowest BCUT2D eigenvalue weighted by molar-refractivity contribution is -0.133. The molecule has 1 aliphatic rings. The highest BCUT2D eigenvalue weighted by Gasteiger charge is 2.42. The molecule has 100 valence electrons. The van der Waals surface area contributed by atoms with Gasteiger partial charge in [-0.1, -0.05) is 23.4 Å². The summed E-state index contributed by atoms with van der Waals surface area (Å²) in [5.74, 6) is -0.810. The average Bonchev–Trinajstić information content (AvgIpc) is 2.97. The molecule has 0 radical (unpaired) electrons. The number of hydrogen-bond donors (Lipinski definition) is 1. The summed E-state index contributed by atoms with van der Waals surface area (Å²) in [6.45, 7) is 2.17. The molecule has 0 spiro atoms. The molecule has 19 heavy (non-hydrogen) atoms. The van der Waals surface area contributed by atoms with Crippen LogP contribution in [0.1, 0.15) is 19.8 Å². The van der Waals surface area contributed by atoms with Crippen molar-refractivity contribution in [2.75, 3.05) is 5.75 Å². The maximum atomic E-state index is 10.7. The van der Waals surface area contributed by atoms with Crippen LogP contribution in [-0.2, 0) is 10.3 Å². The first-order chi connectivity index (χ1) is 8.99. The number of hydrogen-bond acceptors (Lipinski definition) is 3. The fourth-order valence-corrected chi connectivity index (χ4v) is 3.21. The minimum atomic E-state index is -0.831. The molecule has 1 N–H and O–H groups in total. The van der Waals surface area contributed by atoms with Crippen molar-refractivity contribution in [1.82, 2.24) is 9.55 Å². The number of carbonyl (C=O) groups is 1. The van der Waals surface area contributed by atoms with Crippen molar-refractivity contribution in [2.24, 2.45) is 0 Å². The Kier molecular flexibility index (Phi) is 2.98. The summed E-state index contributed by atoms with van der Waals surface area (Å²) in [5, 5.41) is 10.3. The van der Waals surface area contributed by atoms with E-state index in [9.17, 15) is 4.79 Å². The SMILES string of the molecule is CC1(n2c(SCC(=O)O)nc3ccc(Cl)cc32)CC1. The van der Waals surface area contributed by atoms with Crippen LogP contribution >= 0.6 is 23.4 Å². The monoisotopic (exact) mass is 296 g/mol. The number of fused-ring (bicyclic) bond motifs is 1. The third kappa shape index (κ3) is 2.32. The van der Waals surface area contributed by atoms with Gasteiger partial charge in [0.25, 0.3) is 0 Å². The Morgan fingerprint density at radius 2 is 2.32 bits per heavy atom. The molecule has 0 aliphatic heterocycles. The third-order valence-corrected chi connectivity index (χ3v) is 4.58. The molecule has 0 bridgehead atoms. The zero-order valence-corrected chi connectivity index (χ0v) is 12.0. The normalized spacial score (nSPS) is 16.7. The molecule has 1 aromatic carbocycles. The van der Waals surface area contributed by atoms with Gasteiger partial charge in [-0.3, -0.25) is 4.79 Å². The largest absolute Gasteiger partial charge is 0.481 e. The Balaban J connectivity index is 2.12. The Morgan fingerprint density at radius 1 is 1.58 bits per heavy atom. The first-order valence-electron chi connectivity index (χ1n) is 6.03. The number of nitrogens with zero attached hydrogens (tertiary/aromatic N) is 2. The van der Waals surface area contributed by atoms with Gasteiger partial charge in [-0.05, 0) is 38.0 Å². The predicted molar refractivity (Wildman–Crippen MR) is 76.0 cm³/mol. The van der Waals surface area contributed by atoms with E-state index < -0.39 is 5.97 Å². The number of carboxylic acid groups (broad SMARTS) is 1. The van der Waals surface area contributed by atoms with Crippen molar-refractivity contribution in [3.63, 3.8) is 0 Å². The fraction of sp³-hybridized carbons (Fsp3) is 0.385. The second kappa shape index (κ2) is 4.42. The minimum Gasteiger partial charge on any atom is -0.481 e. The van der Waals surface area contributed by atoms with Crippen LogP contribution in [0.25, 0.3) is 11.0 Å². The van der Waals surface area contributed by atoms with Gasteiger partial charge in [-0.2, -0.15) is 0 Å². The first-order valence-corrected chi connectivity index (χ1v) is 7.39. The Bertz CT molecular complexity index is 664. The molecule has 6 heteroatoms. The zero-order valence-electron chi connectivity index (χ0n) is 10.4. The van der Waals surface area contributed by atoms with Gasteiger partial charge in [0.05, 0.1) is 16.8 Å². The summed E-state index contributed by atoms with van der Waals surface area (Å²) in [6, 6.07) is 5.59. The molecule has 1 saturated carbocycles. The number of halogens is 1. The van der Waals surface area contributed by atoms with Gasteiger partial charge >= 0.3 is 5.97 Å². The van der Waals surface area contributed by atoms with Gasteiger partial charge in [0.15, 0.2) is 5.16 Å². The number of thioether (sulfide) groups is 1. The van der Waals surface area contributed by atoms with E-state index in [-0.39, 0.29) is 11.3 Å². The van der Waals surface area contributed by atoms with E-state index in [0.29, 0.717) is 5.02 Å². The van der Waals surface area contributed by atoms with Crippen LogP contribution in [0, 0.1) is 0 Å². The van der Waals surface area contributed by atoms with E-state index in [1.54, 1.807) is 0 Å². The van der Waals surface area contributed by atoms with Gasteiger partial charge in [0.2, 0.25) is 0 Å². The van der Waals surface area contributed by atoms with Crippen LogP contribution in [0.3, 0.4) is 0 Å². The van der Waals surface area contributed by atoms with E-state index in [1.165, 1.54) is 11.8 Å². The summed E-state index contributed by atoms with van der Waals surface area (Å²) >= 11 is 7.32. The highest BCUT2D eigenvalue weighted by molar-refractivity contribution is 7.99. The van der Waals surface area contributed by atoms with Crippen molar-refractivity contribution in [2.45, 2.75) is 30.5 Å². The van der Waals surface area contributed by atoms with Crippen LogP contribution in [0.4, 0.5) is 0 Å². The van der Waals surface area contributed by atoms with Crippen molar-refractivity contribution >= 4 is 40.4 Å². The van der Waals surface area contributed by atoms with Crippen LogP contribution in [0.2, 0.25) is 5.02 Å². The Labute approximate surface area is 119 Å². The molecular weight excluding hydrogens is 284 g/mol. The van der Waals surface area contributed by atoms with Crippen LogP contribution in [0.15, 0.2) is 23.4 Å². The maximum absolute atomic E-state index is 10.7. The van der Waals surface area contributed by atoms with Crippen molar-refractivity contribution in [3.05, 3.63) is 23.2 Å². The van der Waals surface area contributed by atoms with Crippen molar-refractivity contribution in [3.8, 4) is 0 Å². The second-order valence-electron chi connectivity index (χ2n) is 5.04. The van der Waals surface area contributed by atoms with Crippen molar-refractivity contribution < 1.29 is 9.90 Å². The molecule has 1 aromatic heterocycles. The number of imidazole rings is 1. The summed E-state index contributed by atoms with van der Waals surface area (Å²) in [4.78, 5) is 15.3. The van der Waals surface area contributed by atoms with Crippen molar-refractivity contribution in [1.29, 1.82) is 0 Å². The zero-order chi connectivity index (χ0) is 13.6. The van der Waals surface area contributed by atoms with Gasteiger partial charge in [0, 0.05) is 10.6 Å². The predicted octanol–water partition coefficient (Wildman–Crippen LogP) is 3.38. The lowest BCUT2D eigenvalue weighted by Gasteiger charge is -2.15. The number of benzene rings is 1. The molecule has 1 fully saturated rings. The third-order valence-electron chi connectivity index (χ3n) is 3.42. The van der Waals surface area contributed by atoms with E-state index in [2.05, 4.69) is 16.5 Å². The Hall–Kier alpha value is -1.20. The summed E-state index contributed by atoms with van der Waals surface area (Å²) in [7, 11) is 0. The summed E-state index contributed by atoms with van der Waals surface area (Å²) < 4.78 is 2.14. The first kappa shape index (κ1) is 12.8. The lowest BCUT2D eigenvalue weighted by atomic mass is 10.2. The molecule has 4 nitrogen and oxygen atoms in total. The second-order valence-corrected chi connectivity index (χ2v) is 6.42. The molecule has 0 amide bonds. The molecule has 1 heterocycles. The van der Waals surface area contributed by atoms with Gasteiger partial charge in [-0.15, -0.1) is 0 Å². The maximum Gasteiger partial charge on any atom is 0.313 e. The van der Waals surface area contributed by atoms with Gasteiger partial charge in [0.1, 0.15) is 0 Å². The summed E-state index contributed by atoms with van der Waals surface area (Å²) in [6.07, 6.45) is 2.18. The molecule has 1 aliphatic carbocycles. The number of aromatic nitrogens is 2. The molecule has 0 unspecified atom stereocenters. The molecule has 2 aromatic rings. The molecular formula is C13H13ClN2O2S. The minimum absolute atomic E-state index is 0.0210. The van der Waals surface area contributed by atoms with E-state index in [0.717, 1.165) is 29.0 Å². The standard InChI is InChI=1S/C13H13ClN2O2S/c1-13(4-5-13)16-10-6-8(14)2-3-9(10)15-12(16)19-7-11(17)18/h2-3,6H,4-5,7H2,1H3,(H,17,18).